The number of nitrogens with zero attached hydrogens (tertiary/aromatic N) is 1. The molecule has 0 aromatic heterocycles. The standard InChI is InChI=1S/C56H43NS/c1-53-32-33-54(2,47-34-39-19-9-10-20-41(39)43-22-12-13-23-44(43)47)52-51(53)55(3,35-48-45-31-28-38-18-8-11-21-42(38)50(45)58-56(48,52)4)57(49-25-15-14-24-46(49)53)40-29-26-37(27-30-40)36-16-6-5-7-17-36/h5-35H,1-4H3. The van der Waals surface area contributed by atoms with Crippen molar-refractivity contribution >= 4 is 61.0 Å². The topological polar surface area (TPSA) is 3.24 Å². The van der Waals surface area contributed by atoms with E-state index in [1.807, 2.05) is 0 Å². The summed E-state index contributed by atoms with van der Waals surface area (Å²) in [4.78, 5) is 4.06. The second-order valence-electron chi connectivity index (χ2n) is 17.4. The molecule has 4 atom stereocenters. The van der Waals surface area contributed by atoms with E-state index in [1.165, 1.54) is 93.1 Å². The van der Waals surface area contributed by atoms with Gasteiger partial charge in [-0.05, 0) is 135 Å². The van der Waals surface area contributed by atoms with Crippen LogP contribution >= 0.6 is 11.8 Å². The molecule has 4 unspecified atom stereocenters. The highest BCUT2D eigenvalue weighted by Crippen LogP contribution is 2.71. The number of hydrogen-bond donors (Lipinski definition) is 0. The molecule has 0 saturated carbocycles. The van der Waals surface area contributed by atoms with Gasteiger partial charge in [-0.1, -0.05) is 158 Å². The van der Waals surface area contributed by atoms with Crippen molar-refractivity contribution in [2.45, 2.75) is 53.7 Å². The fraction of sp³-hybridized carbons (Fsp3) is 0.143. The largest absolute Gasteiger partial charge is 0.328 e. The van der Waals surface area contributed by atoms with E-state index >= 15 is 0 Å². The van der Waals surface area contributed by atoms with Crippen molar-refractivity contribution < 1.29 is 0 Å². The van der Waals surface area contributed by atoms with E-state index in [2.05, 4.69) is 232 Å². The smallest absolute Gasteiger partial charge is 0.0839 e. The van der Waals surface area contributed by atoms with Crippen molar-refractivity contribution in [2.75, 3.05) is 4.90 Å². The Hall–Kier alpha value is -6.09. The minimum atomic E-state index is -0.506. The molecule has 8 aromatic carbocycles. The zero-order valence-electron chi connectivity index (χ0n) is 33.3. The molecule has 0 N–H and O–H groups in total. The number of fused-ring (bicyclic) bond motifs is 11. The van der Waals surface area contributed by atoms with E-state index in [1.54, 1.807) is 0 Å². The van der Waals surface area contributed by atoms with Gasteiger partial charge in [-0.25, -0.2) is 0 Å². The average molecular weight is 762 g/mol. The van der Waals surface area contributed by atoms with Gasteiger partial charge in [0.1, 0.15) is 0 Å². The van der Waals surface area contributed by atoms with Crippen molar-refractivity contribution in [3.63, 3.8) is 0 Å². The lowest BCUT2D eigenvalue weighted by atomic mass is 9.50. The van der Waals surface area contributed by atoms with Crippen LogP contribution < -0.4 is 4.90 Å². The zero-order valence-corrected chi connectivity index (χ0v) is 34.1. The zero-order chi connectivity index (χ0) is 39.0. The molecule has 0 fully saturated rings. The van der Waals surface area contributed by atoms with Gasteiger partial charge in [0.05, 0.1) is 10.3 Å². The van der Waals surface area contributed by atoms with E-state index in [9.17, 15) is 0 Å². The third-order valence-corrected chi connectivity index (χ3v) is 15.6. The lowest BCUT2D eigenvalue weighted by Gasteiger charge is -2.61. The number of benzene rings is 8. The van der Waals surface area contributed by atoms with Crippen LogP contribution in [0.1, 0.15) is 44.4 Å². The fourth-order valence-electron chi connectivity index (χ4n) is 11.7. The van der Waals surface area contributed by atoms with Crippen LogP contribution in [-0.4, -0.2) is 10.3 Å². The molecule has 2 aliphatic heterocycles. The molecule has 2 heterocycles. The van der Waals surface area contributed by atoms with Crippen LogP contribution in [0.5, 0.6) is 0 Å². The van der Waals surface area contributed by atoms with Gasteiger partial charge in [0, 0.05) is 27.1 Å². The maximum atomic E-state index is 2.68. The van der Waals surface area contributed by atoms with Crippen molar-refractivity contribution in [2.24, 2.45) is 0 Å². The fourth-order valence-corrected chi connectivity index (χ4v) is 13.4. The molecule has 2 heteroatoms. The Labute approximate surface area is 345 Å². The molecule has 0 amide bonds. The first-order chi connectivity index (χ1) is 28.2. The van der Waals surface area contributed by atoms with E-state index < -0.39 is 11.0 Å². The Morgan fingerprint density at radius 1 is 0.466 bits per heavy atom. The van der Waals surface area contributed by atoms with Crippen molar-refractivity contribution in [1.29, 1.82) is 0 Å². The third kappa shape index (κ3) is 4.34. The van der Waals surface area contributed by atoms with Gasteiger partial charge in [-0.2, -0.15) is 0 Å². The predicted molar refractivity (Wildman–Crippen MR) is 247 cm³/mol. The van der Waals surface area contributed by atoms with Crippen LogP contribution in [-0.2, 0) is 10.8 Å². The molecule has 12 rings (SSSR count). The summed E-state index contributed by atoms with van der Waals surface area (Å²) in [7, 11) is 0. The minimum Gasteiger partial charge on any atom is -0.328 e. The first-order valence-corrected chi connectivity index (χ1v) is 21.4. The summed E-state index contributed by atoms with van der Waals surface area (Å²) >= 11 is 2.08. The highest BCUT2D eigenvalue weighted by Gasteiger charge is 2.63. The van der Waals surface area contributed by atoms with Gasteiger partial charge in [-0.3, -0.25) is 0 Å². The maximum Gasteiger partial charge on any atom is 0.0839 e. The molecule has 0 spiro atoms. The SMILES string of the molecule is CC12Sc3c(ccc4ccccc34)C1=CC1(C)C3=C2C(C)(c2cc4ccccc4c4ccccc24)C=CC3(C)c2ccccc2N1c1ccc(-c2ccccc2)cc1. The number of thioether (sulfide) groups is 1. The molecule has 0 bridgehead atoms. The first kappa shape index (κ1) is 34.0. The monoisotopic (exact) mass is 761 g/mol. The average Bonchev–Trinajstić information content (AvgIpc) is 3.56. The van der Waals surface area contributed by atoms with Crippen LogP contribution in [0.4, 0.5) is 11.4 Å². The van der Waals surface area contributed by atoms with Crippen molar-refractivity contribution in [3.05, 3.63) is 216 Å². The summed E-state index contributed by atoms with van der Waals surface area (Å²) in [6.07, 6.45) is 7.85. The second kappa shape index (κ2) is 11.7. The third-order valence-electron chi connectivity index (χ3n) is 14.2. The van der Waals surface area contributed by atoms with E-state index in [0.717, 1.165) is 0 Å². The van der Waals surface area contributed by atoms with Crippen LogP contribution in [0.2, 0.25) is 0 Å². The molecule has 278 valence electrons. The quantitative estimate of drug-likeness (QED) is 0.130. The van der Waals surface area contributed by atoms with Crippen LogP contribution in [0.15, 0.2) is 204 Å². The summed E-state index contributed by atoms with van der Waals surface area (Å²) in [5.41, 5.74) is 12.1. The summed E-state index contributed by atoms with van der Waals surface area (Å²) in [5, 5.41) is 7.85. The van der Waals surface area contributed by atoms with E-state index in [-0.39, 0.29) is 10.2 Å². The van der Waals surface area contributed by atoms with Crippen molar-refractivity contribution in [3.8, 4) is 11.1 Å². The van der Waals surface area contributed by atoms with Crippen LogP contribution in [0.3, 0.4) is 0 Å². The Balaban J connectivity index is 1.20. The van der Waals surface area contributed by atoms with Crippen LogP contribution in [0, 0.1) is 0 Å². The van der Waals surface area contributed by atoms with Gasteiger partial charge in [0.25, 0.3) is 0 Å². The van der Waals surface area contributed by atoms with Crippen LogP contribution in [0.25, 0.3) is 49.0 Å². The Morgan fingerprint density at radius 3 is 1.84 bits per heavy atom. The molecule has 0 radical (unpaired) electrons. The number of rotatable bonds is 3. The molecule has 4 aliphatic rings. The minimum absolute atomic E-state index is 0.343. The van der Waals surface area contributed by atoms with E-state index in [4.69, 9.17) is 0 Å². The molecule has 2 aliphatic carbocycles. The number of allylic oxidation sites excluding steroid dienone is 2. The maximum absolute atomic E-state index is 2.68. The molecular formula is C56H43NS. The lowest BCUT2D eigenvalue weighted by Crippen LogP contribution is -2.60. The van der Waals surface area contributed by atoms with Crippen molar-refractivity contribution in [1.82, 2.24) is 0 Å². The Morgan fingerprint density at radius 2 is 1.07 bits per heavy atom. The summed E-state index contributed by atoms with van der Waals surface area (Å²) in [5.74, 6) is 0. The highest BCUT2D eigenvalue weighted by molar-refractivity contribution is 8.02. The van der Waals surface area contributed by atoms with E-state index in [0.29, 0.717) is 0 Å². The Bertz CT molecular complexity index is 3150. The van der Waals surface area contributed by atoms with Gasteiger partial charge >= 0.3 is 0 Å². The number of hydrogen-bond acceptors (Lipinski definition) is 2. The van der Waals surface area contributed by atoms with Gasteiger partial charge < -0.3 is 4.90 Å². The molecule has 0 saturated heterocycles. The van der Waals surface area contributed by atoms with Gasteiger partial charge in [0.2, 0.25) is 0 Å². The highest BCUT2D eigenvalue weighted by atomic mass is 32.2. The number of para-hydroxylation sites is 1. The number of anilines is 2. The summed E-state index contributed by atoms with van der Waals surface area (Å²) < 4.78 is -0.343. The Kier molecular flexibility index (Phi) is 6.88. The predicted octanol–water partition coefficient (Wildman–Crippen LogP) is 14.8. The van der Waals surface area contributed by atoms with Gasteiger partial charge in [0.15, 0.2) is 0 Å². The summed E-state index contributed by atoms with van der Waals surface area (Å²) in [6, 6.07) is 63.5. The summed E-state index contributed by atoms with van der Waals surface area (Å²) in [6.45, 7) is 10.1. The molecule has 8 aromatic rings. The normalized spacial score (nSPS) is 25.4. The lowest BCUT2D eigenvalue weighted by molar-refractivity contribution is 0.454. The molecule has 1 nitrogen and oxygen atoms in total. The van der Waals surface area contributed by atoms with Gasteiger partial charge in [-0.15, -0.1) is 11.8 Å². The second-order valence-corrected chi connectivity index (χ2v) is 18.9. The molecule has 58 heavy (non-hydrogen) atoms. The molecular weight excluding hydrogens is 719 g/mol. The first-order valence-electron chi connectivity index (χ1n) is 20.6.